The third kappa shape index (κ3) is 7.82. The summed E-state index contributed by atoms with van der Waals surface area (Å²) >= 11 is 11.4. The summed E-state index contributed by atoms with van der Waals surface area (Å²) in [7, 11) is 0. The molecule has 3 aromatic rings. The number of rotatable bonds is 5. The summed E-state index contributed by atoms with van der Waals surface area (Å²) in [5, 5.41) is 18.8. The van der Waals surface area contributed by atoms with Crippen LogP contribution in [0.3, 0.4) is 0 Å². The van der Waals surface area contributed by atoms with Crippen LogP contribution < -0.4 is 9.47 Å². The predicted molar refractivity (Wildman–Crippen MR) is 119 cm³/mol. The monoisotopic (exact) mass is 557 g/mol. The highest BCUT2D eigenvalue weighted by Gasteiger charge is 2.32. The van der Waals surface area contributed by atoms with Gasteiger partial charge in [0.1, 0.15) is 17.2 Å². The van der Waals surface area contributed by atoms with E-state index in [0.29, 0.717) is 18.7 Å². The predicted octanol–water partition coefficient (Wildman–Crippen LogP) is 8.52. The van der Waals surface area contributed by atoms with Crippen molar-refractivity contribution < 1.29 is 45.8 Å². The van der Waals surface area contributed by atoms with E-state index in [1.54, 1.807) is 6.92 Å². The molecule has 0 aliphatic rings. The Bertz CT molecular complexity index is 1170. The first-order valence-corrected chi connectivity index (χ1v) is 10.4. The van der Waals surface area contributed by atoms with Gasteiger partial charge >= 0.3 is 18.0 Å². The minimum Gasteiger partial charge on any atom is -0.508 e. The van der Waals surface area contributed by atoms with E-state index in [1.165, 1.54) is 18.2 Å². The maximum atomic E-state index is 12.5. The zero-order valence-electron chi connectivity index (χ0n) is 18.0. The van der Waals surface area contributed by atoms with Crippen molar-refractivity contribution in [2.24, 2.45) is 0 Å². The van der Waals surface area contributed by atoms with Gasteiger partial charge in [-0.15, -0.1) is 0 Å². The maximum absolute atomic E-state index is 12.5. The SMILES string of the molecule is CCOc1cc(O)ccc1[N+](=O)[O-].FC(F)(F)c1ccc(Oc2ccc(C(F)(F)F)cc2Cl)c(Cl)c1. The number of alkyl halides is 6. The van der Waals surface area contributed by atoms with Crippen molar-refractivity contribution in [2.75, 3.05) is 6.61 Å². The van der Waals surface area contributed by atoms with Gasteiger partial charge in [0, 0.05) is 12.1 Å². The third-order valence-corrected chi connectivity index (χ3v) is 4.77. The fraction of sp³-hybridized carbons (Fsp3) is 0.182. The molecule has 0 aliphatic heterocycles. The van der Waals surface area contributed by atoms with Crippen LogP contribution in [0, 0.1) is 10.1 Å². The first-order chi connectivity index (χ1) is 16.6. The van der Waals surface area contributed by atoms with E-state index >= 15 is 0 Å². The molecule has 0 amide bonds. The Morgan fingerprint density at radius 2 is 1.31 bits per heavy atom. The Labute approximate surface area is 209 Å². The van der Waals surface area contributed by atoms with Gasteiger partial charge in [0.25, 0.3) is 0 Å². The molecule has 0 spiro atoms. The van der Waals surface area contributed by atoms with Crippen LogP contribution in [0.4, 0.5) is 32.0 Å². The van der Waals surface area contributed by atoms with E-state index in [4.69, 9.17) is 37.8 Å². The molecule has 0 atom stereocenters. The lowest BCUT2D eigenvalue weighted by atomic mass is 10.2. The minimum absolute atomic E-state index is 0.0472. The van der Waals surface area contributed by atoms with Crippen molar-refractivity contribution in [1.82, 2.24) is 0 Å². The van der Waals surface area contributed by atoms with Crippen LogP contribution in [0.1, 0.15) is 18.1 Å². The lowest BCUT2D eigenvalue weighted by molar-refractivity contribution is -0.385. The first kappa shape index (κ1) is 28.9. The molecule has 0 unspecified atom stereocenters. The number of nitro benzene ring substituents is 1. The Hall–Kier alpha value is -3.38. The second-order valence-corrected chi connectivity index (χ2v) is 7.54. The van der Waals surface area contributed by atoms with Crippen LogP contribution in [0.25, 0.3) is 0 Å². The van der Waals surface area contributed by atoms with Crippen LogP contribution >= 0.6 is 23.2 Å². The number of hydrogen-bond donors (Lipinski definition) is 1. The van der Waals surface area contributed by atoms with E-state index in [9.17, 15) is 36.5 Å². The van der Waals surface area contributed by atoms with Crippen molar-refractivity contribution in [2.45, 2.75) is 19.3 Å². The van der Waals surface area contributed by atoms with E-state index in [2.05, 4.69) is 0 Å². The molecule has 36 heavy (non-hydrogen) atoms. The average molecular weight is 558 g/mol. The normalized spacial score (nSPS) is 11.4. The number of phenols is 1. The lowest BCUT2D eigenvalue weighted by Crippen LogP contribution is -2.05. The lowest BCUT2D eigenvalue weighted by Gasteiger charge is -2.13. The molecular weight excluding hydrogens is 543 g/mol. The van der Waals surface area contributed by atoms with Crippen LogP contribution in [-0.2, 0) is 12.4 Å². The summed E-state index contributed by atoms with van der Waals surface area (Å²) in [6.45, 7) is 2.04. The number of nitro groups is 1. The van der Waals surface area contributed by atoms with Gasteiger partial charge in [0.05, 0.1) is 32.7 Å². The maximum Gasteiger partial charge on any atom is 0.416 e. The topological polar surface area (TPSA) is 81.8 Å². The molecule has 0 bridgehead atoms. The highest BCUT2D eigenvalue weighted by atomic mass is 35.5. The number of nitrogens with zero attached hydrogens (tertiary/aromatic N) is 1. The van der Waals surface area contributed by atoms with E-state index in [1.807, 2.05) is 0 Å². The number of hydrogen-bond acceptors (Lipinski definition) is 5. The molecule has 0 fully saturated rings. The van der Waals surface area contributed by atoms with Gasteiger partial charge in [0.15, 0.2) is 0 Å². The molecule has 0 aliphatic carbocycles. The average Bonchev–Trinajstić information content (AvgIpc) is 2.75. The summed E-state index contributed by atoms with van der Waals surface area (Å²) in [6.07, 6.45) is -9.15. The molecule has 194 valence electrons. The van der Waals surface area contributed by atoms with Crippen molar-refractivity contribution in [3.05, 3.63) is 85.9 Å². The van der Waals surface area contributed by atoms with Gasteiger partial charge in [-0.25, -0.2) is 0 Å². The van der Waals surface area contributed by atoms with Crippen molar-refractivity contribution in [1.29, 1.82) is 0 Å². The summed E-state index contributed by atoms with van der Waals surface area (Å²) in [4.78, 5) is 9.90. The molecule has 0 aromatic heterocycles. The standard InChI is InChI=1S/C14H6Cl2F6O.C8H9NO4/c15-9-5-7(13(17,18)19)1-3-11(9)23-12-4-2-8(6-10(12)16)14(20,21)22;1-2-13-8-5-6(10)3-4-7(8)9(11)12/h1-6H;3-5,10H,2H2,1H3. The van der Waals surface area contributed by atoms with Crippen LogP contribution in [0.5, 0.6) is 23.0 Å². The second-order valence-electron chi connectivity index (χ2n) is 6.73. The molecule has 0 heterocycles. The summed E-state index contributed by atoms with van der Waals surface area (Å²) in [6, 6.07) is 8.36. The van der Waals surface area contributed by atoms with E-state index < -0.39 is 28.4 Å². The Morgan fingerprint density at radius 3 is 1.67 bits per heavy atom. The molecular formula is C22H15Cl2F6NO5. The molecule has 3 aromatic carbocycles. The van der Waals surface area contributed by atoms with Crippen LogP contribution in [-0.4, -0.2) is 16.6 Å². The molecule has 0 saturated carbocycles. The fourth-order valence-electron chi connectivity index (χ4n) is 2.56. The summed E-state index contributed by atoms with van der Waals surface area (Å²) in [5.41, 5.74) is -2.10. The van der Waals surface area contributed by atoms with Gasteiger partial charge in [-0.3, -0.25) is 10.1 Å². The molecule has 14 heteroatoms. The summed E-state index contributed by atoms with van der Waals surface area (Å²) < 4.78 is 85.3. The third-order valence-electron chi connectivity index (χ3n) is 4.18. The van der Waals surface area contributed by atoms with Crippen LogP contribution in [0.2, 0.25) is 10.0 Å². The highest BCUT2D eigenvalue weighted by Crippen LogP contribution is 2.40. The fourth-order valence-corrected chi connectivity index (χ4v) is 3.00. The molecule has 6 nitrogen and oxygen atoms in total. The highest BCUT2D eigenvalue weighted by molar-refractivity contribution is 6.33. The van der Waals surface area contributed by atoms with Crippen molar-refractivity contribution >= 4 is 28.9 Å². The molecule has 3 rings (SSSR count). The number of phenolic OH excluding ortho intramolecular Hbond substituents is 1. The number of ether oxygens (including phenoxy) is 2. The smallest absolute Gasteiger partial charge is 0.416 e. The second kappa shape index (κ2) is 11.6. The quantitative estimate of drug-likeness (QED) is 0.193. The first-order valence-electron chi connectivity index (χ1n) is 9.65. The van der Waals surface area contributed by atoms with Gasteiger partial charge in [0.2, 0.25) is 5.75 Å². The Balaban J connectivity index is 0.000000297. The zero-order chi connectivity index (χ0) is 27.3. The van der Waals surface area contributed by atoms with E-state index in [-0.39, 0.29) is 38.7 Å². The zero-order valence-corrected chi connectivity index (χ0v) is 19.5. The number of benzene rings is 3. The van der Waals surface area contributed by atoms with Gasteiger partial charge < -0.3 is 14.6 Å². The number of aromatic hydroxyl groups is 1. The molecule has 0 radical (unpaired) electrons. The van der Waals surface area contributed by atoms with Gasteiger partial charge in [-0.1, -0.05) is 23.2 Å². The van der Waals surface area contributed by atoms with Gasteiger partial charge in [-0.2, -0.15) is 26.3 Å². The van der Waals surface area contributed by atoms with Crippen LogP contribution in [0.15, 0.2) is 54.6 Å². The largest absolute Gasteiger partial charge is 0.508 e. The Morgan fingerprint density at radius 1 is 0.833 bits per heavy atom. The van der Waals surface area contributed by atoms with Crippen molar-refractivity contribution in [3.63, 3.8) is 0 Å². The summed E-state index contributed by atoms with van der Waals surface area (Å²) in [5.74, 6) is -0.288. The van der Waals surface area contributed by atoms with E-state index in [0.717, 1.165) is 24.3 Å². The number of halogens is 8. The molecule has 0 saturated heterocycles. The minimum atomic E-state index is -4.58. The molecule has 1 N–H and O–H groups in total. The Kier molecular flexibility index (Phi) is 9.27. The van der Waals surface area contributed by atoms with Crippen molar-refractivity contribution in [3.8, 4) is 23.0 Å². The van der Waals surface area contributed by atoms with Gasteiger partial charge in [-0.05, 0) is 49.4 Å².